The molecule has 35 heavy (non-hydrogen) atoms. The van der Waals surface area contributed by atoms with Crippen LogP contribution in [0, 0.1) is 10.1 Å². The van der Waals surface area contributed by atoms with Gasteiger partial charge in [0.25, 0.3) is 5.69 Å². The molecule has 0 aliphatic carbocycles. The summed E-state index contributed by atoms with van der Waals surface area (Å²) < 4.78 is 38.1. The molecule has 0 unspecified atom stereocenters. The van der Waals surface area contributed by atoms with Crippen LogP contribution in [0.3, 0.4) is 0 Å². The second-order valence-corrected chi connectivity index (χ2v) is 10.9. The molecule has 0 aliphatic heterocycles. The van der Waals surface area contributed by atoms with Gasteiger partial charge in [0.15, 0.2) is 0 Å². The van der Waals surface area contributed by atoms with E-state index in [1.807, 2.05) is 0 Å². The molecule has 2 rings (SSSR count). The molecule has 192 valence electrons. The van der Waals surface area contributed by atoms with Gasteiger partial charge in [-0.1, -0.05) is 19.1 Å². The van der Waals surface area contributed by atoms with Crippen molar-refractivity contribution in [2.24, 2.45) is 0 Å². The van der Waals surface area contributed by atoms with Crippen LogP contribution in [-0.2, 0) is 21.2 Å². The summed E-state index contributed by atoms with van der Waals surface area (Å²) in [5.41, 5.74) is 0.0284. The van der Waals surface area contributed by atoms with Gasteiger partial charge in [0.2, 0.25) is 10.0 Å². The summed E-state index contributed by atoms with van der Waals surface area (Å²) in [7, 11) is -2.25. The Kier molecular flexibility index (Phi) is 9.61. The average Bonchev–Trinajstić information content (AvgIpc) is 2.78. The first-order valence-electron chi connectivity index (χ1n) is 11.2. The molecule has 10 nitrogen and oxygen atoms in total. The van der Waals surface area contributed by atoms with Crippen molar-refractivity contribution in [3.63, 3.8) is 0 Å². The highest BCUT2D eigenvalue weighted by molar-refractivity contribution is 7.89. The van der Waals surface area contributed by atoms with E-state index in [-0.39, 0.29) is 23.7 Å². The number of sulfonamides is 1. The minimum atomic E-state index is -3.76. The zero-order chi connectivity index (χ0) is 26.2. The number of rotatable bonds is 11. The molecule has 0 saturated carbocycles. The van der Waals surface area contributed by atoms with E-state index >= 15 is 0 Å². The standard InChI is InChI=1S/C24H33N3O7S/c1-6-26(35(31,32)22-13-11-21(33-5)12-14-22)16-15-19(25-23(28)34-24(2,3)4)17-18-7-9-20(10-8-18)27(29)30/h7-14,19H,6,15-17H2,1-5H3,(H,25,28)/t19-/m1/s1. The van der Waals surface area contributed by atoms with Crippen molar-refractivity contribution in [3.8, 4) is 5.75 Å². The number of alkyl carbamates (subject to hydrolysis) is 1. The molecule has 0 bridgehead atoms. The summed E-state index contributed by atoms with van der Waals surface area (Å²) in [5.74, 6) is 0.553. The highest BCUT2D eigenvalue weighted by Gasteiger charge is 2.26. The van der Waals surface area contributed by atoms with Crippen LogP contribution in [0.5, 0.6) is 5.75 Å². The van der Waals surface area contributed by atoms with Gasteiger partial charge in [0, 0.05) is 31.3 Å². The molecular formula is C24H33N3O7S. The molecule has 0 spiro atoms. The van der Waals surface area contributed by atoms with Crippen molar-refractivity contribution in [3.05, 3.63) is 64.2 Å². The van der Waals surface area contributed by atoms with Gasteiger partial charge in [-0.05, 0) is 63.4 Å². The van der Waals surface area contributed by atoms with Gasteiger partial charge >= 0.3 is 6.09 Å². The van der Waals surface area contributed by atoms with E-state index in [1.54, 1.807) is 52.0 Å². The van der Waals surface area contributed by atoms with Crippen LogP contribution >= 0.6 is 0 Å². The highest BCUT2D eigenvalue weighted by atomic mass is 32.2. The Labute approximate surface area is 206 Å². The van der Waals surface area contributed by atoms with Crippen LogP contribution in [0.1, 0.15) is 39.7 Å². The largest absolute Gasteiger partial charge is 0.497 e. The molecule has 0 aromatic heterocycles. The molecule has 2 aromatic rings. The van der Waals surface area contributed by atoms with Crippen molar-refractivity contribution in [1.82, 2.24) is 9.62 Å². The average molecular weight is 508 g/mol. The Hall–Kier alpha value is -3.18. The number of hydrogen-bond acceptors (Lipinski definition) is 7. The lowest BCUT2D eigenvalue weighted by Gasteiger charge is -2.26. The molecule has 1 atom stereocenters. The second kappa shape index (κ2) is 12.0. The van der Waals surface area contributed by atoms with Crippen LogP contribution in [0.25, 0.3) is 0 Å². The summed E-state index contributed by atoms with van der Waals surface area (Å²) in [6.45, 7) is 7.38. The van der Waals surface area contributed by atoms with Crippen LogP contribution in [0.15, 0.2) is 53.4 Å². The van der Waals surface area contributed by atoms with Crippen LogP contribution in [0.4, 0.5) is 10.5 Å². The maximum atomic E-state index is 13.2. The van der Waals surface area contributed by atoms with Gasteiger partial charge in [-0.15, -0.1) is 0 Å². The summed E-state index contributed by atoms with van der Waals surface area (Å²) in [6, 6.07) is 11.7. The maximum Gasteiger partial charge on any atom is 0.407 e. The number of hydrogen-bond donors (Lipinski definition) is 1. The molecule has 11 heteroatoms. The summed E-state index contributed by atoms with van der Waals surface area (Å²) in [6.07, 6.45) is 0.0297. The number of nitrogens with one attached hydrogen (secondary N) is 1. The fraction of sp³-hybridized carbons (Fsp3) is 0.458. The smallest absolute Gasteiger partial charge is 0.407 e. The molecule has 0 saturated heterocycles. The number of benzene rings is 2. The van der Waals surface area contributed by atoms with E-state index < -0.39 is 32.7 Å². The SMILES string of the molecule is CCN(CC[C@H](Cc1ccc([N+](=O)[O-])cc1)NC(=O)OC(C)(C)C)S(=O)(=O)c1ccc(OC)cc1. The summed E-state index contributed by atoms with van der Waals surface area (Å²) >= 11 is 0. The third kappa shape index (κ3) is 8.52. The Bertz CT molecular complexity index is 1100. The van der Waals surface area contributed by atoms with Crippen LogP contribution in [-0.4, -0.2) is 55.6 Å². The molecule has 1 amide bonds. The van der Waals surface area contributed by atoms with Crippen molar-refractivity contribution in [2.45, 2.75) is 57.1 Å². The van der Waals surface area contributed by atoms with Gasteiger partial charge in [-0.25, -0.2) is 13.2 Å². The molecule has 0 radical (unpaired) electrons. The van der Waals surface area contributed by atoms with Gasteiger partial charge in [-0.3, -0.25) is 10.1 Å². The van der Waals surface area contributed by atoms with Crippen molar-refractivity contribution < 1.29 is 27.6 Å². The van der Waals surface area contributed by atoms with Gasteiger partial charge in [0.1, 0.15) is 11.4 Å². The van der Waals surface area contributed by atoms with Gasteiger partial charge < -0.3 is 14.8 Å². The fourth-order valence-electron chi connectivity index (χ4n) is 3.38. The van der Waals surface area contributed by atoms with E-state index in [2.05, 4.69) is 5.32 Å². The summed E-state index contributed by atoms with van der Waals surface area (Å²) in [5, 5.41) is 13.7. The predicted octanol–water partition coefficient (Wildman–Crippen LogP) is 4.14. The number of amides is 1. The first-order chi connectivity index (χ1) is 16.4. The van der Waals surface area contributed by atoms with Crippen molar-refractivity contribution in [2.75, 3.05) is 20.2 Å². The quantitative estimate of drug-likeness (QED) is 0.357. The minimum Gasteiger partial charge on any atom is -0.497 e. The Morgan fingerprint density at radius 2 is 1.71 bits per heavy atom. The molecule has 0 aliphatic rings. The number of methoxy groups -OCH3 is 1. The zero-order valence-corrected chi connectivity index (χ0v) is 21.5. The Balaban J connectivity index is 2.19. The Morgan fingerprint density at radius 1 is 1.11 bits per heavy atom. The number of carbonyl (C=O) groups is 1. The lowest BCUT2D eigenvalue weighted by molar-refractivity contribution is -0.384. The number of nitro groups is 1. The number of nitro benzene ring substituents is 1. The van der Waals surface area contributed by atoms with Crippen molar-refractivity contribution in [1.29, 1.82) is 0 Å². The maximum absolute atomic E-state index is 13.2. The van der Waals surface area contributed by atoms with E-state index in [0.29, 0.717) is 18.6 Å². The zero-order valence-electron chi connectivity index (χ0n) is 20.7. The monoisotopic (exact) mass is 507 g/mol. The van der Waals surface area contributed by atoms with Crippen LogP contribution < -0.4 is 10.1 Å². The Morgan fingerprint density at radius 3 is 2.20 bits per heavy atom. The molecule has 1 N–H and O–H groups in total. The number of nitrogens with zero attached hydrogens (tertiary/aromatic N) is 2. The van der Waals surface area contributed by atoms with E-state index in [9.17, 15) is 23.3 Å². The minimum absolute atomic E-state index is 0.0341. The third-order valence-electron chi connectivity index (χ3n) is 5.13. The molecule has 0 heterocycles. The second-order valence-electron chi connectivity index (χ2n) is 8.93. The summed E-state index contributed by atoms with van der Waals surface area (Å²) in [4.78, 5) is 23.0. The highest BCUT2D eigenvalue weighted by Crippen LogP contribution is 2.21. The number of non-ortho nitro benzene ring substituents is 1. The third-order valence-corrected chi connectivity index (χ3v) is 7.12. The number of ether oxygens (including phenoxy) is 2. The predicted molar refractivity (Wildman–Crippen MR) is 132 cm³/mol. The van der Waals surface area contributed by atoms with Crippen molar-refractivity contribution >= 4 is 21.8 Å². The van der Waals surface area contributed by atoms with Gasteiger partial charge in [-0.2, -0.15) is 4.31 Å². The lowest BCUT2D eigenvalue weighted by atomic mass is 10.0. The first-order valence-corrected chi connectivity index (χ1v) is 12.7. The fourth-order valence-corrected chi connectivity index (χ4v) is 4.85. The van der Waals surface area contributed by atoms with Gasteiger partial charge in [0.05, 0.1) is 16.9 Å². The first kappa shape index (κ1) is 28.1. The molecular weight excluding hydrogens is 474 g/mol. The van der Waals surface area contributed by atoms with E-state index in [1.165, 1.54) is 35.7 Å². The van der Waals surface area contributed by atoms with E-state index in [0.717, 1.165) is 5.56 Å². The molecule has 0 fully saturated rings. The topological polar surface area (TPSA) is 128 Å². The normalized spacial score (nSPS) is 12.7. The van der Waals surface area contributed by atoms with E-state index in [4.69, 9.17) is 9.47 Å². The van der Waals surface area contributed by atoms with Crippen LogP contribution in [0.2, 0.25) is 0 Å². The number of carbonyl (C=O) groups excluding carboxylic acids is 1. The lowest BCUT2D eigenvalue weighted by Crippen LogP contribution is -2.43. The molecule has 2 aromatic carbocycles.